The van der Waals surface area contributed by atoms with Crippen molar-refractivity contribution in [3.05, 3.63) is 58.3 Å². The molecule has 0 fully saturated rings. The fourth-order valence-corrected chi connectivity index (χ4v) is 2.26. The SMILES string of the molecule is O=C(CC(=O)Nc1ccccc1F)Nc1cc(Cl)cc(Cl)c1. The van der Waals surface area contributed by atoms with E-state index in [1.807, 2.05) is 0 Å². The summed E-state index contributed by atoms with van der Waals surface area (Å²) in [6, 6.07) is 10.2. The van der Waals surface area contributed by atoms with Gasteiger partial charge in [0.15, 0.2) is 0 Å². The molecule has 22 heavy (non-hydrogen) atoms. The number of halogens is 3. The van der Waals surface area contributed by atoms with Gasteiger partial charge < -0.3 is 10.6 Å². The maximum absolute atomic E-state index is 13.4. The molecule has 2 aromatic rings. The quantitative estimate of drug-likeness (QED) is 0.823. The number of benzene rings is 2. The highest BCUT2D eigenvalue weighted by molar-refractivity contribution is 6.35. The van der Waals surface area contributed by atoms with E-state index in [0.717, 1.165) is 0 Å². The van der Waals surface area contributed by atoms with Crippen molar-refractivity contribution >= 4 is 46.4 Å². The second kappa shape index (κ2) is 7.24. The highest BCUT2D eigenvalue weighted by Gasteiger charge is 2.12. The van der Waals surface area contributed by atoms with Crippen LogP contribution in [0.25, 0.3) is 0 Å². The van der Waals surface area contributed by atoms with Crippen LogP contribution >= 0.6 is 23.2 Å². The topological polar surface area (TPSA) is 58.2 Å². The van der Waals surface area contributed by atoms with Crippen LogP contribution < -0.4 is 10.6 Å². The summed E-state index contributed by atoms with van der Waals surface area (Å²) in [4.78, 5) is 23.5. The van der Waals surface area contributed by atoms with Crippen molar-refractivity contribution in [2.75, 3.05) is 10.6 Å². The van der Waals surface area contributed by atoms with Crippen LogP contribution in [0.15, 0.2) is 42.5 Å². The van der Waals surface area contributed by atoms with Crippen molar-refractivity contribution in [3.8, 4) is 0 Å². The van der Waals surface area contributed by atoms with E-state index in [4.69, 9.17) is 23.2 Å². The van der Waals surface area contributed by atoms with E-state index in [1.54, 1.807) is 6.07 Å². The normalized spacial score (nSPS) is 10.1. The van der Waals surface area contributed by atoms with Gasteiger partial charge in [0.2, 0.25) is 11.8 Å². The molecule has 4 nitrogen and oxygen atoms in total. The molecule has 0 aliphatic carbocycles. The third-order valence-corrected chi connectivity index (χ3v) is 3.05. The minimum Gasteiger partial charge on any atom is -0.326 e. The summed E-state index contributed by atoms with van der Waals surface area (Å²) in [6.45, 7) is 0. The Morgan fingerprint density at radius 3 is 2.18 bits per heavy atom. The fourth-order valence-electron chi connectivity index (χ4n) is 1.73. The summed E-state index contributed by atoms with van der Waals surface area (Å²) < 4.78 is 13.4. The Balaban J connectivity index is 1.94. The van der Waals surface area contributed by atoms with Crippen molar-refractivity contribution in [2.24, 2.45) is 0 Å². The number of anilines is 2. The number of carbonyl (C=O) groups excluding carboxylic acids is 2. The Bertz CT molecular complexity index is 702. The van der Waals surface area contributed by atoms with Crippen LogP contribution in [-0.2, 0) is 9.59 Å². The first-order valence-corrected chi connectivity index (χ1v) is 7.00. The molecule has 0 aliphatic heterocycles. The van der Waals surface area contributed by atoms with Crippen LogP contribution in [0, 0.1) is 5.82 Å². The highest BCUT2D eigenvalue weighted by Crippen LogP contribution is 2.22. The minimum atomic E-state index is -0.629. The molecule has 0 unspecified atom stereocenters. The van der Waals surface area contributed by atoms with Gasteiger partial charge in [-0.05, 0) is 30.3 Å². The average Bonchev–Trinajstić information content (AvgIpc) is 2.39. The van der Waals surface area contributed by atoms with Crippen molar-refractivity contribution in [3.63, 3.8) is 0 Å². The van der Waals surface area contributed by atoms with Crippen LogP contribution in [0.1, 0.15) is 6.42 Å². The Hall–Kier alpha value is -2.11. The van der Waals surface area contributed by atoms with Gasteiger partial charge in [-0.2, -0.15) is 0 Å². The van der Waals surface area contributed by atoms with E-state index >= 15 is 0 Å². The van der Waals surface area contributed by atoms with E-state index in [9.17, 15) is 14.0 Å². The molecule has 0 heterocycles. The Labute approximate surface area is 136 Å². The lowest BCUT2D eigenvalue weighted by atomic mass is 10.2. The van der Waals surface area contributed by atoms with Crippen LogP contribution in [0.4, 0.5) is 15.8 Å². The van der Waals surface area contributed by atoms with Gasteiger partial charge in [-0.1, -0.05) is 35.3 Å². The summed E-state index contributed by atoms with van der Waals surface area (Å²) >= 11 is 11.6. The lowest BCUT2D eigenvalue weighted by Crippen LogP contribution is -2.21. The summed E-state index contributed by atoms with van der Waals surface area (Å²) in [5.74, 6) is -1.76. The first-order chi connectivity index (χ1) is 10.4. The molecule has 0 aromatic heterocycles. The summed E-state index contributed by atoms with van der Waals surface area (Å²) in [7, 11) is 0. The molecule has 2 N–H and O–H groups in total. The van der Waals surface area contributed by atoms with Crippen molar-refractivity contribution < 1.29 is 14.0 Å². The van der Waals surface area contributed by atoms with Gasteiger partial charge in [-0.3, -0.25) is 9.59 Å². The second-order valence-corrected chi connectivity index (χ2v) is 5.28. The van der Waals surface area contributed by atoms with Crippen molar-refractivity contribution in [1.29, 1.82) is 0 Å². The number of hydrogen-bond acceptors (Lipinski definition) is 2. The van der Waals surface area contributed by atoms with Crippen LogP contribution in [0.3, 0.4) is 0 Å². The van der Waals surface area contributed by atoms with E-state index in [1.165, 1.54) is 36.4 Å². The largest absolute Gasteiger partial charge is 0.326 e. The number of nitrogens with one attached hydrogen (secondary N) is 2. The number of hydrogen-bond donors (Lipinski definition) is 2. The Kier molecular flexibility index (Phi) is 5.35. The van der Waals surface area contributed by atoms with Crippen molar-refractivity contribution in [2.45, 2.75) is 6.42 Å². The molecule has 0 bridgehead atoms. The predicted octanol–water partition coefficient (Wildman–Crippen LogP) is 4.10. The molecule has 0 atom stereocenters. The number of para-hydroxylation sites is 1. The van der Waals surface area contributed by atoms with Gasteiger partial charge in [0, 0.05) is 15.7 Å². The third-order valence-electron chi connectivity index (χ3n) is 2.62. The van der Waals surface area contributed by atoms with Gasteiger partial charge in [0.1, 0.15) is 12.2 Å². The molecule has 2 amide bonds. The number of amides is 2. The van der Waals surface area contributed by atoms with E-state index < -0.39 is 24.1 Å². The minimum absolute atomic E-state index is 0.0195. The molecule has 0 saturated heterocycles. The third kappa shape index (κ3) is 4.72. The molecule has 2 aromatic carbocycles. The van der Waals surface area contributed by atoms with Gasteiger partial charge in [0.05, 0.1) is 5.69 Å². The molecule has 0 saturated carbocycles. The summed E-state index contributed by atoms with van der Waals surface area (Å²) in [5, 5.41) is 5.53. The summed E-state index contributed by atoms with van der Waals surface area (Å²) in [5.41, 5.74) is 0.396. The zero-order valence-electron chi connectivity index (χ0n) is 11.2. The lowest BCUT2D eigenvalue weighted by Gasteiger charge is -2.08. The smallest absolute Gasteiger partial charge is 0.233 e. The molecular formula is C15H11Cl2FN2O2. The highest BCUT2D eigenvalue weighted by atomic mass is 35.5. The average molecular weight is 341 g/mol. The predicted molar refractivity (Wildman–Crippen MR) is 84.7 cm³/mol. The number of carbonyl (C=O) groups is 2. The zero-order chi connectivity index (χ0) is 16.1. The molecule has 0 radical (unpaired) electrons. The maximum atomic E-state index is 13.4. The first-order valence-electron chi connectivity index (χ1n) is 6.24. The van der Waals surface area contributed by atoms with Gasteiger partial charge >= 0.3 is 0 Å². The van der Waals surface area contributed by atoms with Gasteiger partial charge in [-0.15, -0.1) is 0 Å². The van der Waals surface area contributed by atoms with Crippen LogP contribution in [-0.4, -0.2) is 11.8 Å². The summed E-state index contributed by atoms with van der Waals surface area (Å²) in [6.07, 6.45) is -0.460. The monoisotopic (exact) mass is 340 g/mol. The Morgan fingerprint density at radius 1 is 0.955 bits per heavy atom. The molecule has 0 aliphatic rings. The molecule has 0 spiro atoms. The lowest BCUT2D eigenvalue weighted by molar-refractivity contribution is -0.123. The second-order valence-electron chi connectivity index (χ2n) is 4.41. The van der Waals surface area contributed by atoms with Crippen LogP contribution in [0.5, 0.6) is 0 Å². The number of rotatable bonds is 4. The van der Waals surface area contributed by atoms with Crippen LogP contribution in [0.2, 0.25) is 10.0 Å². The Morgan fingerprint density at radius 2 is 1.55 bits per heavy atom. The molecule has 114 valence electrons. The first kappa shape index (κ1) is 16.3. The van der Waals surface area contributed by atoms with E-state index in [-0.39, 0.29) is 5.69 Å². The maximum Gasteiger partial charge on any atom is 0.233 e. The fraction of sp³-hybridized carbons (Fsp3) is 0.0667. The molecular weight excluding hydrogens is 330 g/mol. The molecule has 7 heteroatoms. The zero-order valence-corrected chi connectivity index (χ0v) is 12.7. The van der Waals surface area contributed by atoms with Gasteiger partial charge in [-0.25, -0.2) is 4.39 Å². The van der Waals surface area contributed by atoms with Gasteiger partial charge in [0.25, 0.3) is 0 Å². The van der Waals surface area contributed by atoms with Crippen molar-refractivity contribution in [1.82, 2.24) is 0 Å². The van der Waals surface area contributed by atoms with E-state index in [2.05, 4.69) is 10.6 Å². The van der Waals surface area contributed by atoms with E-state index in [0.29, 0.717) is 15.7 Å². The molecule has 2 rings (SSSR count). The standard InChI is InChI=1S/C15H11Cl2FN2O2/c16-9-5-10(17)7-11(6-9)19-14(21)8-15(22)20-13-4-2-1-3-12(13)18/h1-7H,8H2,(H,19,21)(H,20,22).